The van der Waals surface area contributed by atoms with Gasteiger partial charge in [0.15, 0.2) is 5.00 Å². The van der Waals surface area contributed by atoms with Gasteiger partial charge in [0, 0.05) is 12.1 Å². The van der Waals surface area contributed by atoms with Crippen LogP contribution in [0.5, 0.6) is 0 Å². The molecule has 8 heteroatoms. The maximum atomic E-state index is 13.1. The molecule has 1 aliphatic carbocycles. The van der Waals surface area contributed by atoms with E-state index in [1.165, 1.54) is 0 Å². The van der Waals surface area contributed by atoms with Gasteiger partial charge < -0.3 is 26.2 Å². The molecular formula is C22H24ClN3O4. The van der Waals surface area contributed by atoms with Crippen molar-refractivity contribution in [3.63, 3.8) is 0 Å². The van der Waals surface area contributed by atoms with Crippen molar-refractivity contribution in [1.29, 1.82) is 0 Å². The van der Waals surface area contributed by atoms with Crippen molar-refractivity contribution >= 4 is 29.1 Å². The smallest absolute Gasteiger partial charge is 0.261 e. The van der Waals surface area contributed by atoms with Crippen LogP contribution in [0.15, 0.2) is 48.5 Å². The Hall–Kier alpha value is -2.61. The fraction of sp³-hybridized carbons (Fsp3) is 0.364. The summed E-state index contributed by atoms with van der Waals surface area (Å²) in [5, 5.41) is 27.6. The Kier molecular flexibility index (Phi) is 5.69. The molecule has 1 unspecified atom stereocenters. The third-order valence-electron chi connectivity index (χ3n) is 5.80. The Morgan fingerprint density at radius 2 is 1.73 bits per heavy atom. The fourth-order valence-corrected chi connectivity index (χ4v) is 4.44. The van der Waals surface area contributed by atoms with Crippen molar-refractivity contribution in [2.75, 3.05) is 18.5 Å². The number of carbonyl (C=O) groups excluding carboxylic acids is 2. The predicted octanol–water partition coefficient (Wildman–Crippen LogP) is 1.09. The SMILES string of the molecule is O=C(N[C@@H]1c2ccccc2C[C@H]1NC(=O)C1(Cl)Cc2ccccc2N1)C(CO)CO. The van der Waals surface area contributed by atoms with E-state index in [-0.39, 0.29) is 5.91 Å². The first-order valence-corrected chi connectivity index (χ1v) is 10.3. The van der Waals surface area contributed by atoms with E-state index >= 15 is 0 Å². The Morgan fingerprint density at radius 3 is 2.43 bits per heavy atom. The summed E-state index contributed by atoms with van der Waals surface area (Å²) in [4.78, 5) is 24.3. The lowest BCUT2D eigenvalue weighted by atomic mass is 10.0. The molecule has 0 saturated heterocycles. The number of alkyl halides is 1. The molecule has 2 aromatic rings. The molecule has 0 bridgehead atoms. The van der Waals surface area contributed by atoms with Gasteiger partial charge in [0.05, 0.1) is 31.2 Å². The van der Waals surface area contributed by atoms with Crippen molar-refractivity contribution in [3.8, 4) is 0 Å². The number of nitrogens with one attached hydrogen (secondary N) is 3. The van der Waals surface area contributed by atoms with Crippen LogP contribution in [0.1, 0.15) is 22.7 Å². The highest BCUT2D eigenvalue weighted by Crippen LogP contribution is 2.37. The van der Waals surface area contributed by atoms with Gasteiger partial charge >= 0.3 is 0 Å². The second kappa shape index (κ2) is 8.26. The topological polar surface area (TPSA) is 111 Å². The summed E-state index contributed by atoms with van der Waals surface area (Å²) in [6.45, 7) is -0.915. The summed E-state index contributed by atoms with van der Waals surface area (Å²) in [5.41, 5.74) is 3.72. The molecule has 2 aromatic carbocycles. The molecule has 7 nitrogen and oxygen atoms in total. The monoisotopic (exact) mass is 429 g/mol. The van der Waals surface area contributed by atoms with Crippen LogP contribution >= 0.6 is 11.6 Å². The molecule has 2 amide bonds. The minimum atomic E-state index is -1.30. The normalized spacial score (nSPS) is 24.1. The Bertz CT molecular complexity index is 938. The molecule has 0 saturated carbocycles. The molecule has 0 aromatic heterocycles. The van der Waals surface area contributed by atoms with Crippen molar-refractivity contribution in [1.82, 2.24) is 10.6 Å². The zero-order chi connectivity index (χ0) is 21.3. The Balaban J connectivity index is 1.52. The van der Waals surface area contributed by atoms with Gasteiger partial charge in [-0.3, -0.25) is 9.59 Å². The largest absolute Gasteiger partial charge is 0.395 e. The van der Waals surface area contributed by atoms with E-state index in [9.17, 15) is 19.8 Å². The lowest BCUT2D eigenvalue weighted by Gasteiger charge is -2.28. The number of amides is 2. The molecule has 2 aliphatic rings. The molecule has 0 fully saturated rings. The third-order valence-corrected chi connectivity index (χ3v) is 6.20. The average Bonchev–Trinajstić information content (AvgIpc) is 3.26. The van der Waals surface area contributed by atoms with Crippen molar-refractivity contribution < 1.29 is 19.8 Å². The van der Waals surface area contributed by atoms with Gasteiger partial charge in [-0.15, -0.1) is 0 Å². The minimum Gasteiger partial charge on any atom is -0.395 e. The highest BCUT2D eigenvalue weighted by molar-refractivity contribution is 6.37. The van der Waals surface area contributed by atoms with Gasteiger partial charge in [-0.2, -0.15) is 0 Å². The van der Waals surface area contributed by atoms with Gasteiger partial charge in [0.2, 0.25) is 5.91 Å². The summed E-state index contributed by atoms with van der Waals surface area (Å²) in [6, 6.07) is 14.3. The average molecular weight is 430 g/mol. The maximum absolute atomic E-state index is 13.1. The lowest BCUT2D eigenvalue weighted by Crippen LogP contribution is -2.54. The zero-order valence-corrected chi connectivity index (χ0v) is 17.0. The summed E-state index contributed by atoms with van der Waals surface area (Å²) in [7, 11) is 0. The number of fused-ring (bicyclic) bond motifs is 2. The van der Waals surface area contributed by atoms with Crippen molar-refractivity contribution in [3.05, 3.63) is 65.2 Å². The first kappa shape index (κ1) is 20.7. The number of rotatable bonds is 6. The predicted molar refractivity (Wildman–Crippen MR) is 113 cm³/mol. The number of benzene rings is 2. The Labute approximate surface area is 179 Å². The van der Waals surface area contributed by atoms with E-state index in [4.69, 9.17) is 11.6 Å². The van der Waals surface area contributed by atoms with E-state index in [1.807, 2.05) is 48.5 Å². The molecule has 1 aliphatic heterocycles. The van der Waals surface area contributed by atoms with Crippen LogP contribution < -0.4 is 16.0 Å². The minimum absolute atomic E-state index is 0.352. The van der Waals surface area contributed by atoms with Gasteiger partial charge in [0.25, 0.3) is 5.91 Å². The van der Waals surface area contributed by atoms with E-state index in [0.717, 1.165) is 22.4 Å². The lowest BCUT2D eigenvalue weighted by molar-refractivity contribution is -0.129. The van der Waals surface area contributed by atoms with E-state index in [1.54, 1.807) is 0 Å². The number of aliphatic hydroxyl groups is 2. The van der Waals surface area contributed by atoms with Crippen molar-refractivity contribution in [2.45, 2.75) is 29.9 Å². The molecule has 158 valence electrons. The Morgan fingerprint density at radius 1 is 1.07 bits per heavy atom. The number of hydrogen-bond acceptors (Lipinski definition) is 5. The number of para-hydroxylation sites is 1. The summed E-state index contributed by atoms with van der Waals surface area (Å²) in [5.74, 6) is -1.74. The summed E-state index contributed by atoms with van der Waals surface area (Å²) >= 11 is 6.65. The number of carbonyl (C=O) groups is 2. The molecule has 0 radical (unpaired) electrons. The van der Waals surface area contributed by atoms with Gasteiger partial charge in [-0.1, -0.05) is 54.1 Å². The van der Waals surface area contributed by atoms with Crippen LogP contribution in [0.25, 0.3) is 0 Å². The van der Waals surface area contributed by atoms with Crippen molar-refractivity contribution in [2.24, 2.45) is 5.92 Å². The van der Waals surface area contributed by atoms with Gasteiger partial charge in [-0.25, -0.2) is 0 Å². The summed E-state index contributed by atoms with van der Waals surface area (Å²) in [6.07, 6.45) is 0.889. The molecule has 0 spiro atoms. The molecule has 3 atom stereocenters. The number of aliphatic hydroxyl groups excluding tert-OH is 2. The van der Waals surface area contributed by atoms with Gasteiger partial charge in [0.1, 0.15) is 0 Å². The van der Waals surface area contributed by atoms with Crippen LogP contribution in [0, 0.1) is 5.92 Å². The molecular weight excluding hydrogens is 406 g/mol. The van der Waals surface area contributed by atoms with Crippen LogP contribution in [0.4, 0.5) is 5.69 Å². The van der Waals surface area contributed by atoms with Crippen LogP contribution in [-0.2, 0) is 22.4 Å². The van der Waals surface area contributed by atoms with E-state index < -0.39 is 42.1 Å². The summed E-state index contributed by atoms with van der Waals surface area (Å²) < 4.78 is 0. The second-order valence-electron chi connectivity index (χ2n) is 7.79. The third kappa shape index (κ3) is 3.76. The highest BCUT2D eigenvalue weighted by Gasteiger charge is 2.44. The van der Waals surface area contributed by atoms with E-state index in [2.05, 4.69) is 16.0 Å². The number of anilines is 1. The molecule has 1 heterocycles. The fourth-order valence-electron chi connectivity index (χ4n) is 4.14. The first-order chi connectivity index (χ1) is 14.4. The van der Waals surface area contributed by atoms with Crippen LogP contribution in [-0.4, -0.2) is 46.3 Å². The number of halogens is 1. The molecule has 4 rings (SSSR count). The quantitative estimate of drug-likeness (QED) is 0.349. The molecule has 5 N–H and O–H groups in total. The first-order valence-electron chi connectivity index (χ1n) is 9.91. The standard InChI is InChI=1S/C22H24ClN3O4/c23-22(10-14-6-2-4-8-17(14)26-22)21(30)24-18-9-13-5-1-3-7-16(13)19(18)25-20(29)15(11-27)12-28/h1-8,15,18-19,26-28H,9-12H2,(H,24,30)(H,25,29)/t18-,19-,22?/m1/s1. The van der Waals surface area contributed by atoms with E-state index in [0.29, 0.717) is 12.8 Å². The molecule has 30 heavy (non-hydrogen) atoms. The zero-order valence-electron chi connectivity index (χ0n) is 16.3. The maximum Gasteiger partial charge on any atom is 0.261 e. The highest BCUT2D eigenvalue weighted by atomic mass is 35.5. The van der Waals surface area contributed by atoms with Gasteiger partial charge in [-0.05, 0) is 29.2 Å². The van der Waals surface area contributed by atoms with Crippen LogP contribution in [0.2, 0.25) is 0 Å². The number of hydrogen-bond donors (Lipinski definition) is 5. The van der Waals surface area contributed by atoms with Crippen LogP contribution in [0.3, 0.4) is 0 Å². The second-order valence-corrected chi connectivity index (χ2v) is 8.44.